The molecule has 5 nitrogen and oxygen atoms in total. The second-order valence-electron chi connectivity index (χ2n) is 7.08. The van der Waals surface area contributed by atoms with E-state index in [9.17, 15) is 18.0 Å². The van der Waals surface area contributed by atoms with Crippen LogP contribution in [0.3, 0.4) is 0 Å². The molecule has 1 aromatic carbocycles. The van der Waals surface area contributed by atoms with E-state index in [1.807, 2.05) is 0 Å². The first-order valence-corrected chi connectivity index (χ1v) is 8.57. The van der Waals surface area contributed by atoms with E-state index in [1.54, 1.807) is 17.0 Å². The number of hydrogen-bond acceptors (Lipinski definition) is 3. The number of rotatable bonds is 2. The number of H-pyrrole nitrogens is 1. The Morgan fingerprint density at radius 2 is 2.00 bits per heavy atom. The lowest BCUT2D eigenvalue weighted by Gasteiger charge is -2.45. The van der Waals surface area contributed by atoms with E-state index in [4.69, 9.17) is 0 Å². The van der Waals surface area contributed by atoms with Crippen molar-refractivity contribution in [2.45, 2.75) is 18.8 Å². The van der Waals surface area contributed by atoms with Crippen LogP contribution in [0, 0.1) is 11.2 Å². The maximum absolute atomic E-state index is 14.9. The smallest absolute Gasteiger partial charge is 0.271 e. The molecule has 4 rings (SSSR count). The fourth-order valence-corrected chi connectivity index (χ4v) is 4.01. The average Bonchev–Trinajstić information content (AvgIpc) is 3.28. The highest BCUT2D eigenvalue weighted by Crippen LogP contribution is 2.50. The van der Waals surface area contributed by atoms with Crippen LogP contribution in [-0.4, -0.2) is 53.1 Å². The summed E-state index contributed by atoms with van der Waals surface area (Å²) in [5.74, 6) is -3.59. The normalized spacial score (nSPS) is 25.0. The van der Waals surface area contributed by atoms with Gasteiger partial charge in [-0.25, -0.2) is 13.2 Å². The van der Waals surface area contributed by atoms with Gasteiger partial charge in [0, 0.05) is 44.5 Å². The molecule has 1 spiro atoms. The molecule has 0 bridgehead atoms. The van der Waals surface area contributed by atoms with Crippen molar-refractivity contribution in [2.24, 2.45) is 5.41 Å². The number of halogens is 3. The third kappa shape index (κ3) is 2.73. The molecule has 3 heterocycles. The van der Waals surface area contributed by atoms with Crippen molar-refractivity contribution in [1.82, 2.24) is 15.1 Å². The van der Waals surface area contributed by atoms with Crippen LogP contribution in [-0.2, 0) is 0 Å². The maximum atomic E-state index is 14.9. The third-order valence-electron chi connectivity index (χ3n) is 5.51. The van der Waals surface area contributed by atoms with Gasteiger partial charge in [0.25, 0.3) is 11.8 Å². The van der Waals surface area contributed by atoms with Gasteiger partial charge >= 0.3 is 0 Å². The number of benzene rings is 1. The van der Waals surface area contributed by atoms with Gasteiger partial charge in [0.1, 0.15) is 11.5 Å². The van der Waals surface area contributed by atoms with Gasteiger partial charge in [-0.15, -0.1) is 0 Å². The second kappa shape index (κ2) is 6.03. The predicted molar refractivity (Wildman–Crippen MR) is 89.7 cm³/mol. The highest BCUT2D eigenvalue weighted by Gasteiger charge is 2.60. The van der Waals surface area contributed by atoms with Crippen molar-refractivity contribution >= 4 is 11.6 Å². The number of nitrogens with one attached hydrogen (secondary N) is 1. The standard InChI is InChI=1S/C18H19F3N4O/c19-13-2-1-3-14(10-13)24-8-5-17(11-24)12-25(9-6-18(17,20)21)16(26)15-4-7-22-23-15/h1-4,7,10H,5-6,8-9,11-12H2,(H,22,23)/t17-/m1/s1. The van der Waals surface area contributed by atoms with Gasteiger partial charge in [-0.05, 0) is 30.7 Å². The van der Waals surface area contributed by atoms with E-state index in [-0.39, 0.29) is 38.4 Å². The molecule has 1 atom stereocenters. The number of likely N-dealkylation sites (tertiary alicyclic amines) is 1. The van der Waals surface area contributed by atoms with E-state index in [0.29, 0.717) is 17.9 Å². The van der Waals surface area contributed by atoms with Crippen molar-refractivity contribution in [1.29, 1.82) is 0 Å². The Labute approximate surface area is 148 Å². The minimum atomic E-state index is -2.88. The van der Waals surface area contributed by atoms with Crippen LogP contribution >= 0.6 is 0 Å². The van der Waals surface area contributed by atoms with Crippen LogP contribution < -0.4 is 4.90 Å². The summed E-state index contributed by atoms with van der Waals surface area (Å²) in [7, 11) is 0. The Hall–Kier alpha value is -2.51. The van der Waals surface area contributed by atoms with Crippen molar-refractivity contribution in [3.8, 4) is 0 Å². The molecular weight excluding hydrogens is 345 g/mol. The number of anilines is 1. The zero-order valence-corrected chi connectivity index (χ0v) is 14.1. The summed E-state index contributed by atoms with van der Waals surface area (Å²) in [4.78, 5) is 15.8. The van der Waals surface area contributed by atoms with Gasteiger partial charge < -0.3 is 9.80 Å². The summed E-state index contributed by atoms with van der Waals surface area (Å²) in [6.07, 6.45) is 1.34. The number of carbonyl (C=O) groups is 1. The second-order valence-corrected chi connectivity index (χ2v) is 7.08. The number of aromatic nitrogens is 2. The number of amides is 1. The molecule has 8 heteroatoms. The first-order chi connectivity index (χ1) is 12.4. The molecule has 138 valence electrons. The number of alkyl halides is 2. The molecule has 1 aromatic heterocycles. The minimum Gasteiger partial charge on any atom is -0.371 e. The SMILES string of the molecule is O=C(c1ccn[nH]1)N1CCC(F)(F)[C@@]2(CCN(c3cccc(F)c3)C2)C1. The van der Waals surface area contributed by atoms with Gasteiger partial charge in [0.05, 0.1) is 5.41 Å². The largest absolute Gasteiger partial charge is 0.371 e. The molecule has 2 aliphatic heterocycles. The molecule has 0 saturated carbocycles. The summed E-state index contributed by atoms with van der Waals surface area (Å²) in [5.41, 5.74) is -0.437. The Morgan fingerprint density at radius 1 is 1.15 bits per heavy atom. The number of carbonyl (C=O) groups excluding carboxylic acids is 1. The summed E-state index contributed by atoms with van der Waals surface area (Å²) in [6, 6.07) is 7.51. The minimum absolute atomic E-state index is 0.00652. The fourth-order valence-electron chi connectivity index (χ4n) is 4.01. The van der Waals surface area contributed by atoms with Gasteiger partial charge in [-0.3, -0.25) is 9.89 Å². The lowest BCUT2D eigenvalue weighted by Crippen LogP contribution is -2.58. The quantitative estimate of drug-likeness (QED) is 0.892. The molecule has 2 aliphatic rings. The zero-order chi connectivity index (χ0) is 18.4. The van der Waals surface area contributed by atoms with Crippen LogP contribution in [0.15, 0.2) is 36.5 Å². The van der Waals surface area contributed by atoms with Crippen molar-refractivity contribution < 1.29 is 18.0 Å². The first-order valence-electron chi connectivity index (χ1n) is 8.57. The van der Waals surface area contributed by atoms with Crippen LogP contribution in [0.25, 0.3) is 0 Å². The molecule has 0 unspecified atom stereocenters. The summed E-state index contributed by atoms with van der Waals surface area (Å²) in [5, 5.41) is 6.35. The number of nitrogens with zero attached hydrogens (tertiary/aromatic N) is 3. The zero-order valence-electron chi connectivity index (χ0n) is 14.1. The molecule has 1 N–H and O–H groups in total. The van der Waals surface area contributed by atoms with Gasteiger partial charge in [0.2, 0.25) is 0 Å². The highest BCUT2D eigenvalue weighted by molar-refractivity contribution is 5.92. The first kappa shape index (κ1) is 16.9. The van der Waals surface area contributed by atoms with Gasteiger partial charge in [-0.1, -0.05) is 6.07 Å². The number of piperidine rings is 1. The molecule has 2 fully saturated rings. The molecule has 0 radical (unpaired) electrons. The lowest BCUT2D eigenvalue weighted by atomic mass is 9.75. The van der Waals surface area contributed by atoms with Gasteiger partial charge in [-0.2, -0.15) is 5.10 Å². The van der Waals surface area contributed by atoms with E-state index >= 15 is 0 Å². The topological polar surface area (TPSA) is 52.2 Å². The lowest BCUT2D eigenvalue weighted by molar-refractivity contribution is -0.150. The Kier molecular flexibility index (Phi) is 3.93. The van der Waals surface area contributed by atoms with E-state index in [0.717, 1.165) is 0 Å². The van der Waals surface area contributed by atoms with Crippen LogP contribution in [0.5, 0.6) is 0 Å². The number of aromatic amines is 1. The Morgan fingerprint density at radius 3 is 2.73 bits per heavy atom. The van der Waals surface area contributed by atoms with E-state index in [2.05, 4.69) is 10.2 Å². The van der Waals surface area contributed by atoms with Crippen LogP contribution in [0.1, 0.15) is 23.3 Å². The molecule has 0 aliphatic carbocycles. The summed E-state index contributed by atoms with van der Waals surface area (Å²) < 4.78 is 43.2. The van der Waals surface area contributed by atoms with E-state index in [1.165, 1.54) is 29.3 Å². The van der Waals surface area contributed by atoms with Crippen molar-refractivity contribution in [3.63, 3.8) is 0 Å². The Bertz CT molecular complexity index is 811. The fraction of sp³-hybridized carbons (Fsp3) is 0.444. The third-order valence-corrected chi connectivity index (χ3v) is 5.51. The molecule has 2 aromatic rings. The molecule has 1 amide bonds. The summed E-state index contributed by atoms with van der Waals surface area (Å²) in [6.45, 7) is 0.484. The maximum Gasteiger partial charge on any atom is 0.271 e. The summed E-state index contributed by atoms with van der Waals surface area (Å²) >= 11 is 0. The van der Waals surface area contributed by atoms with E-state index < -0.39 is 17.2 Å². The van der Waals surface area contributed by atoms with Gasteiger partial charge in [0.15, 0.2) is 0 Å². The number of hydrogen-bond donors (Lipinski definition) is 1. The Balaban J connectivity index is 1.58. The predicted octanol–water partition coefficient (Wildman–Crippen LogP) is 2.93. The highest BCUT2D eigenvalue weighted by atomic mass is 19.3. The molecular formula is C18H19F3N4O. The van der Waals surface area contributed by atoms with Crippen molar-refractivity contribution in [2.75, 3.05) is 31.1 Å². The average molecular weight is 364 g/mol. The molecule has 26 heavy (non-hydrogen) atoms. The van der Waals surface area contributed by atoms with Crippen LogP contribution in [0.4, 0.5) is 18.9 Å². The van der Waals surface area contributed by atoms with Crippen LogP contribution in [0.2, 0.25) is 0 Å². The molecule has 2 saturated heterocycles. The van der Waals surface area contributed by atoms with Crippen molar-refractivity contribution in [3.05, 3.63) is 48.0 Å². The monoisotopic (exact) mass is 364 g/mol.